The van der Waals surface area contributed by atoms with Crippen LogP contribution in [0.1, 0.15) is 35.4 Å². The highest BCUT2D eigenvalue weighted by Crippen LogP contribution is 2.17. The molecule has 2 rings (SSSR count). The van der Waals surface area contributed by atoms with Gasteiger partial charge in [0.05, 0.1) is 12.5 Å². The monoisotopic (exact) mass is 315 g/mol. The quantitative estimate of drug-likeness (QED) is 0.834. The molecule has 120 valence electrons. The van der Waals surface area contributed by atoms with Crippen LogP contribution in [-0.2, 0) is 11.3 Å². The third-order valence-corrected chi connectivity index (χ3v) is 3.28. The largest absolute Gasteiger partial charge is 0.481 e. The number of aryl methyl sites for hydroxylation is 1. The average Bonchev–Trinajstić information content (AvgIpc) is 2.55. The molecule has 0 radical (unpaired) electrons. The van der Waals surface area contributed by atoms with E-state index < -0.39 is 17.9 Å². The van der Waals surface area contributed by atoms with Crippen molar-refractivity contribution in [2.45, 2.75) is 25.9 Å². The second-order valence-electron chi connectivity index (χ2n) is 4.91. The number of hydrogen-bond donors (Lipinski definition) is 2. The van der Waals surface area contributed by atoms with E-state index in [1.165, 1.54) is 16.8 Å². The summed E-state index contributed by atoms with van der Waals surface area (Å²) in [6, 6.07) is 10.7. The molecular weight excluding hydrogens is 298 g/mol. The molecule has 0 aliphatic rings. The van der Waals surface area contributed by atoms with Gasteiger partial charge in [0.15, 0.2) is 0 Å². The van der Waals surface area contributed by atoms with Crippen LogP contribution in [0.3, 0.4) is 0 Å². The molecule has 1 aromatic heterocycles. The first kappa shape index (κ1) is 16.4. The van der Waals surface area contributed by atoms with Crippen molar-refractivity contribution in [2.75, 3.05) is 0 Å². The molecule has 0 aliphatic heterocycles. The number of carbonyl (C=O) groups excluding carboxylic acids is 1. The van der Waals surface area contributed by atoms with E-state index in [9.17, 15) is 14.4 Å². The molecule has 0 saturated heterocycles. The molecule has 0 saturated carbocycles. The number of carboxylic acids is 1. The summed E-state index contributed by atoms with van der Waals surface area (Å²) >= 11 is 0. The van der Waals surface area contributed by atoms with Crippen molar-refractivity contribution in [1.29, 1.82) is 0 Å². The molecular formula is C16H17N3O4. The maximum atomic E-state index is 12.3. The standard InChI is InChI=1S/C16H17N3O4/c1-2-19-14(20)9-8-12(18-19)16(23)17-13(10-15(21)22)11-6-4-3-5-7-11/h3-9,13H,2,10H2,1H3,(H,17,23)(H,21,22). The van der Waals surface area contributed by atoms with Gasteiger partial charge in [-0.15, -0.1) is 0 Å². The topological polar surface area (TPSA) is 101 Å². The van der Waals surface area contributed by atoms with Crippen molar-refractivity contribution in [3.05, 3.63) is 64.1 Å². The van der Waals surface area contributed by atoms with Crippen LogP contribution in [0, 0.1) is 0 Å². The Morgan fingerprint density at radius 3 is 2.52 bits per heavy atom. The molecule has 0 spiro atoms. The van der Waals surface area contributed by atoms with Gasteiger partial charge in [0.1, 0.15) is 5.69 Å². The van der Waals surface area contributed by atoms with E-state index in [-0.39, 0.29) is 17.7 Å². The summed E-state index contributed by atoms with van der Waals surface area (Å²) in [5.41, 5.74) is 0.457. The van der Waals surface area contributed by atoms with Crippen molar-refractivity contribution in [1.82, 2.24) is 15.1 Å². The predicted molar refractivity (Wildman–Crippen MR) is 83.1 cm³/mol. The fourth-order valence-electron chi connectivity index (χ4n) is 2.14. The van der Waals surface area contributed by atoms with Crippen molar-refractivity contribution < 1.29 is 14.7 Å². The summed E-state index contributed by atoms with van der Waals surface area (Å²) in [6.07, 6.45) is -0.247. The second-order valence-corrected chi connectivity index (χ2v) is 4.91. The van der Waals surface area contributed by atoms with Gasteiger partial charge in [0, 0.05) is 12.6 Å². The Bertz CT molecular complexity index is 755. The molecule has 7 heteroatoms. The van der Waals surface area contributed by atoms with E-state index in [1.807, 2.05) is 6.07 Å². The molecule has 0 bridgehead atoms. The fraction of sp³-hybridized carbons (Fsp3) is 0.250. The molecule has 0 aliphatic carbocycles. The SMILES string of the molecule is CCn1nc(C(=O)NC(CC(=O)O)c2ccccc2)ccc1=O. The molecule has 0 fully saturated rings. The van der Waals surface area contributed by atoms with Crippen molar-refractivity contribution in [2.24, 2.45) is 0 Å². The molecule has 23 heavy (non-hydrogen) atoms. The highest BCUT2D eigenvalue weighted by atomic mass is 16.4. The number of benzene rings is 1. The van der Waals surface area contributed by atoms with Gasteiger partial charge < -0.3 is 10.4 Å². The summed E-state index contributed by atoms with van der Waals surface area (Å²) in [7, 11) is 0. The van der Waals surface area contributed by atoms with E-state index in [1.54, 1.807) is 31.2 Å². The van der Waals surface area contributed by atoms with Crippen LogP contribution < -0.4 is 10.9 Å². The first-order valence-electron chi connectivity index (χ1n) is 7.17. The van der Waals surface area contributed by atoms with Gasteiger partial charge in [0.25, 0.3) is 11.5 Å². The Labute approximate surface area is 132 Å². The molecule has 1 atom stereocenters. The summed E-state index contributed by atoms with van der Waals surface area (Å²) in [5, 5.41) is 15.7. The molecule has 1 aromatic carbocycles. The Morgan fingerprint density at radius 1 is 1.22 bits per heavy atom. The zero-order chi connectivity index (χ0) is 16.8. The predicted octanol–water partition coefficient (Wildman–Crippen LogP) is 1.21. The number of nitrogens with one attached hydrogen (secondary N) is 1. The van der Waals surface area contributed by atoms with E-state index >= 15 is 0 Å². The van der Waals surface area contributed by atoms with Gasteiger partial charge in [0.2, 0.25) is 0 Å². The minimum Gasteiger partial charge on any atom is -0.481 e. The van der Waals surface area contributed by atoms with E-state index in [2.05, 4.69) is 10.4 Å². The number of amides is 1. The van der Waals surface area contributed by atoms with Gasteiger partial charge in [-0.05, 0) is 18.6 Å². The molecule has 7 nitrogen and oxygen atoms in total. The number of rotatable bonds is 6. The molecule has 1 unspecified atom stereocenters. The summed E-state index contributed by atoms with van der Waals surface area (Å²) < 4.78 is 1.17. The smallest absolute Gasteiger partial charge is 0.305 e. The maximum Gasteiger partial charge on any atom is 0.305 e. The lowest BCUT2D eigenvalue weighted by molar-refractivity contribution is -0.137. The van der Waals surface area contributed by atoms with Crippen LogP contribution in [0.4, 0.5) is 0 Å². The minimum atomic E-state index is -1.02. The fourth-order valence-corrected chi connectivity index (χ4v) is 2.14. The van der Waals surface area contributed by atoms with Crippen molar-refractivity contribution in [3.63, 3.8) is 0 Å². The van der Waals surface area contributed by atoms with Crippen LogP contribution in [0.2, 0.25) is 0 Å². The van der Waals surface area contributed by atoms with Crippen LogP contribution >= 0.6 is 0 Å². The summed E-state index contributed by atoms with van der Waals surface area (Å²) in [4.78, 5) is 34.8. The molecule has 2 N–H and O–H groups in total. The third-order valence-electron chi connectivity index (χ3n) is 3.28. The number of carbonyl (C=O) groups is 2. The average molecular weight is 315 g/mol. The number of aromatic nitrogens is 2. The van der Waals surface area contributed by atoms with Crippen LogP contribution in [0.5, 0.6) is 0 Å². The zero-order valence-electron chi connectivity index (χ0n) is 12.6. The highest BCUT2D eigenvalue weighted by molar-refractivity contribution is 5.92. The lowest BCUT2D eigenvalue weighted by Gasteiger charge is -2.17. The highest BCUT2D eigenvalue weighted by Gasteiger charge is 2.19. The Balaban J connectivity index is 2.24. The summed E-state index contributed by atoms with van der Waals surface area (Å²) in [5.74, 6) is -1.55. The van der Waals surface area contributed by atoms with E-state index in [0.29, 0.717) is 12.1 Å². The second kappa shape index (κ2) is 7.35. The summed E-state index contributed by atoms with van der Waals surface area (Å²) in [6.45, 7) is 2.09. The van der Waals surface area contributed by atoms with Gasteiger partial charge in [-0.1, -0.05) is 30.3 Å². The van der Waals surface area contributed by atoms with Crippen LogP contribution in [0.25, 0.3) is 0 Å². The van der Waals surface area contributed by atoms with Crippen LogP contribution in [0.15, 0.2) is 47.3 Å². The van der Waals surface area contributed by atoms with Gasteiger partial charge >= 0.3 is 5.97 Å². The normalized spacial score (nSPS) is 11.7. The first-order chi connectivity index (χ1) is 11.0. The van der Waals surface area contributed by atoms with E-state index in [0.717, 1.165) is 0 Å². The maximum absolute atomic E-state index is 12.3. The Morgan fingerprint density at radius 2 is 1.91 bits per heavy atom. The van der Waals surface area contributed by atoms with Gasteiger partial charge in [-0.25, -0.2) is 4.68 Å². The first-order valence-corrected chi connectivity index (χ1v) is 7.17. The lowest BCUT2D eigenvalue weighted by atomic mass is 10.0. The van der Waals surface area contributed by atoms with Crippen molar-refractivity contribution >= 4 is 11.9 Å². The van der Waals surface area contributed by atoms with Gasteiger partial charge in [-0.2, -0.15) is 5.10 Å². The minimum absolute atomic E-state index is 0.0674. The lowest BCUT2D eigenvalue weighted by Crippen LogP contribution is -2.33. The molecule has 1 heterocycles. The zero-order valence-corrected chi connectivity index (χ0v) is 12.6. The Kier molecular flexibility index (Phi) is 5.24. The molecule has 2 aromatic rings. The van der Waals surface area contributed by atoms with Crippen molar-refractivity contribution in [3.8, 4) is 0 Å². The number of nitrogens with zero attached hydrogens (tertiary/aromatic N) is 2. The number of carboxylic acid groups (broad SMARTS) is 1. The van der Waals surface area contributed by atoms with E-state index in [4.69, 9.17) is 5.11 Å². The number of aliphatic carboxylic acids is 1. The number of hydrogen-bond acceptors (Lipinski definition) is 4. The van der Waals surface area contributed by atoms with Gasteiger partial charge in [-0.3, -0.25) is 14.4 Å². The Hall–Kier alpha value is -2.96. The van der Waals surface area contributed by atoms with Crippen LogP contribution in [-0.4, -0.2) is 26.8 Å². The molecule has 1 amide bonds. The third kappa shape index (κ3) is 4.26.